The second-order valence-electron chi connectivity index (χ2n) is 26.7. The topological polar surface area (TPSA) is 228 Å². The van der Waals surface area contributed by atoms with Gasteiger partial charge in [0.2, 0.25) is 5.91 Å². The summed E-state index contributed by atoms with van der Waals surface area (Å²) in [6.45, 7) is 2.69. The molecule has 0 saturated carbocycles. The van der Waals surface area contributed by atoms with Gasteiger partial charge in [0.05, 0.1) is 32.0 Å². The molecule has 96 heavy (non-hydrogen) atoms. The van der Waals surface area contributed by atoms with Crippen molar-refractivity contribution in [2.45, 2.75) is 370 Å². The molecule has 14 nitrogen and oxygen atoms in total. The van der Waals surface area contributed by atoms with Gasteiger partial charge in [0.1, 0.15) is 48.8 Å². The van der Waals surface area contributed by atoms with E-state index >= 15 is 0 Å². The summed E-state index contributed by atoms with van der Waals surface area (Å²) in [5, 5.41) is 87.6. The minimum Gasteiger partial charge on any atom is -0.394 e. The third-order valence-corrected chi connectivity index (χ3v) is 18.1. The lowest BCUT2D eigenvalue weighted by Crippen LogP contribution is -2.65. The smallest absolute Gasteiger partial charge is 0.220 e. The van der Waals surface area contributed by atoms with Crippen LogP contribution in [0.3, 0.4) is 0 Å². The number of hydrogen-bond donors (Lipinski definition) is 9. The van der Waals surface area contributed by atoms with Gasteiger partial charge in [-0.05, 0) is 96.3 Å². The third kappa shape index (κ3) is 47.4. The molecule has 0 aromatic carbocycles. The number of amides is 1. The van der Waals surface area contributed by atoms with Crippen molar-refractivity contribution in [2.24, 2.45) is 0 Å². The standard InChI is InChI=1S/C82H141NO13/c1-3-5-7-9-11-13-15-17-19-21-23-25-27-29-31-33-34-35-36-38-40-42-44-46-48-50-52-54-56-58-60-62-64-66-74(87)83-70(69-93-81-79(92)77(90)80(73(68-85)95-81)96-82-78(91)76(89)75(88)72(67-84)94-82)71(86)65-63-61-59-57-55-53-51-49-47-45-43-41-39-37-32-30-28-26-24-22-20-18-16-14-12-10-8-6-4-2/h5,7,11,13,17,19,23,25,29,31,34-35,38,40,44,46,55,57,63,65,70-73,75-82,84-86,88-92H,3-4,6,8-10,12,14-16,18,20-22,24,26-28,30,32-33,36-37,39,41-43,45,47-54,56,58-62,64,66-69H2,1-2H3,(H,83,87)/b7-5-,13-11-,19-17-,25-23-,31-29-,35-34-,40-38-,46-44-,57-55+,65-63+. The zero-order valence-electron chi connectivity index (χ0n) is 60.3. The molecule has 2 rings (SSSR count). The van der Waals surface area contributed by atoms with Gasteiger partial charge in [-0.15, -0.1) is 0 Å². The van der Waals surface area contributed by atoms with Crippen molar-refractivity contribution in [1.29, 1.82) is 0 Å². The van der Waals surface area contributed by atoms with E-state index in [9.17, 15) is 45.6 Å². The summed E-state index contributed by atoms with van der Waals surface area (Å²) in [5.74, 6) is -0.260. The average Bonchev–Trinajstić information content (AvgIpc) is 0.812. The Morgan fingerprint density at radius 3 is 1.15 bits per heavy atom. The number of aliphatic hydroxyl groups excluding tert-OH is 8. The van der Waals surface area contributed by atoms with E-state index in [1.165, 1.54) is 167 Å². The SMILES string of the molecule is CC/C=C\C/C=C\C/C=C\C/C=C\C/C=C\C/C=C\C/C=C\C/C=C\CCCCCCCCCCC(=O)NC(COC1OC(CO)C(OC2OC(CO)C(O)C(O)C2O)C(O)C1O)C(O)/C=C/CC/C=C/CCCCCCCCCCCCCCCCCCCCCCCCC. The van der Waals surface area contributed by atoms with Crippen LogP contribution >= 0.6 is 0 Å². The van der Waals surface area contributed by atoms with E-state index in [1.54, 1.807) is 6.08 Å². The summed E-state index contributed by atoms with van der Waals surface area (Å²) in [5.41, 5.74) is 0. The highest BCUT2D eigenvalue weighted by molar-refractivity contribution is 5.76. The summed E-state index contributed by atoms with van der Waals surface area (Å²) in [6.07, 6.45) is 78.3. The van der Waals surface area contributed by atoms with Crippen LogP contribution in [0.15, 0.2) is 122 Å². The van der Waals surface area contributed by atoms with Gasteiger partial charge in [-0.25, -0.2) is 0 Å². The van der Waals surface area contributed by atoms with Crippen molar-refractivity contribution in [2.75, 3.05) is 19.8 Å². The molecule has 0 spiro atoms. The Morgan fingerprint density at radius 1 is 0.385 bits per heavy atom. The van der Waals surface area contributed by atoms with E-state index < -0.39 is 86.8 Å². The van der Waals surface area contributed by atoms with Crippen LogP contribution in [0.4, 0.5) is 0 Å². The lowest BCUT2D eigenvalue weighted by atomic mass is 9.97. The van der Waals surface area contributed by atoms with E-state index in [1.807, 2.05) is 6.08 Å². The molecule has 12 atom stereocenters. The molecule has 552 valence electrons. The van der Waals surface area contributed by atoms with Gasteiger partial charge in [0, 0.05) is 6.42 Å². The van der Waals surface area contributed by atoms with E-state index in [4.69, 9.17) is 18.9 Å². The molecule has 2 aliphatic heterocycles. The van der Waals surface area contributed by atoms with Gasteiger partial charge >= 0.3 is 0 Å². The summed E-state index contributed by atoms with van der Waals surface area (Å²) < 4.78 is 22.9. The molecule has 0 aromatic heterocycles. The molecule has 2 fully saturated rings. The minimum atomic E-state index is -1.80. The number of carbonyl (C=O) groups excluding carboxylic acids is 1. The van der Waals surface area contributed by atoms with Gasteiger partial charge in [-0.3, -0.25) is 4.79 Å². The fourth-order valence-electron chi connectivity index (χ4n) is 12.0. The summed E-state index contributed by atoms with van der Waals surface area (Å²) in [7, 11) is 0. The quantitative estimate of drug-likeness (QED) is 0.0204. The predicted molar refractivity (Wildman–Crippen MR) is 396 cm³/mol. The summed E-state index contributed by atoms with van der Waals surface area (Å²) in [6, 6.07) is -0.947. The summed E-state index contributed by atoms with van der Waals surface area (Å²) in [4.78, 5) is 13.4. The fraction of sp³-hybridized carbons (Fsp3) is 0.744. The number of aliphatic hydroxyl groups is 8. The number of allylic oxidation sites excluding steroid dienone is 19. The van der Waals surface area contributed by atoms with E-state index in [2.05, 4.69) is 129 Å². The molecule has 0 radical (unpaired) electrons. The molecular formula is C82H141NO13. The zero-order valence-corrected chi connectivity index (χ0v) is 60.3. The second kappa shape index (κ2) is 64.7. The molecule has 0 aliphatic carbocycles. The van der Waals surface area contributed by atoms with Crippen LogP contribution in [0.5, 0.6) is 0 Å². The maximum atomic E-state index is 13.4. The Balaban J connectivity index is 1.67. The van der Waals surface area contributed by atoms with Crippen molar-refractivity contribution in [3.63, 3.8) is 0 Å². The van der Waals surface area contributed by atoms with Crippen LogP contribution in [0.1, 0.15) is 296 Å². The van der Waals surface area contributed by atoms with E-state index in [0.717, 1.165) is 96.3 Å². The highest BCUT2D eigenvalue weighted by Crippen LogP contribution is 2.30. The van der Waals surface area contributed by atoms with Crippen molar-refractivity contribution in [3.05, 3.63) is 122 Å². The lowest BCUT2D eigenvalue weighted by Gasteiger charge is -2.46. The first kappa shape index (κ1) is 88.5. The number of carbonyl (C=O) groups is 1. The first-order chi connectivity index (χ1) is 47.1. The number of rotatable bonds is 63. The highest BCUT2D eigenvalue weighted by atomic mass is 16.7. The summed E-state index contributed by atoms with van der Waals surface area (Å²) >= 11 is 0. The van der Waals surface area contributed by atoms with E-state index in [-0.39, 0.29) is 18.9 Å². The predicted octanol–water partition coefficient (Wildman–Crippen LogP) is 17.2. The van der Waals surface area contributed by atoms with Crippen molar-refractivity contribution in [3.8, 4) is 0 Å². The molecule has 0 bridgehead atoms. The highest BCUT2D eigenvalue weighted by Gasteiger charge is 2.51. The maximum Gasteiger partial charge on any atom is 0.220 e. The van der Waals surface area contributed by atoms with Crippen molar-refractivity contribution in [1.82, 2.24) is 5.32 Å². The molecule has 2 heterocycles. The van der Waals surface area contributed by atoms with Crippen LogP contribution in [0.2, 0.25) is 0 Å². The zero-order chi connectivity index (χ0) is 69.4. The fourth-order valence-corrected chi connectivity index (χ4v) is 12.0. The lowest BCUT2D eigenvalue weighted by molar-refractivity contribution is -0.359. The van der Waals surface area contributed by atoms with Crippen LogP contribution in [0.25, 0.3) is 0 Å². The van der Waals surface area contributed by atoms with Crippen LogP contribution in [-0.4, -0.2) is 140 Å². The van der Waals surface area contributed by atoms with Gasteiger partial charge in [-0.2, -0.15) is 0 Å². The Bertz CT molecular complexity index is 2080. The van der Waals surface area contributed by atoms with Gasteiger partial charge in [0.15, 0.2) is 12.6 Å². The minimum absolute atomic E-state index is 0.256. The molecule has 9 N–H and O–H groups in total. The van der Waals surface area contributed by atoms with E-state index in [0.29, 0.717) is 12.8 Å². The molecular weight excluding hydrogens is 1210 g/mol. The molecule has 14 heteroatoms. The Labute approximate surface area is 584 Å². The largest absolute Gasteiger partial charge is 0.394 e. The second-order valence-corrected chi connectivity index (χ2v) is 26.7. The first-order valence-electron chi connectivity index (χ1n) is 38.8. The number of ether oxygens (including phenoxy) is 4. The Hall–Kier alpha value is -3.61. The molecule has 2 aliphatic rings. The van der Waals surface area contributed by atoms with Crippen molar-refractivity contribution < 1.29 is 64.6 Å². The van der Waals surface area contributed by atoms with Gasteiger partial charge in [-0.1, -0.05) is 315 Å². The van der Waals surface area contributed by atoms with Crippen molar-refractivity contribution >= 4 is 5.91 Å². The molecule has 12 unspecified atom stereocenters. The molecule has 2 saturated heterocycles. The number of unbranched alkanes of at least 4 members (excludes halogenated alkanes) is 32. The normalized spacial score (nSPS) is 22.9. The van der Waals surface area contributed by atoms with Gasteiger partial charge < -0.3 is 65.1 Å². The first-order valence-corrected chi connectivity index (χ1v) is 38.8. The monoisotopic (exact) mass is 1350 g/mol. The Morgan fingerprint density at radius 2 is 0.729 bits per heavy atom. The van der Waals surface area contributed by atoms with Crippen LogP contribution in [-0.2, 0) is 23.7 Å². The maximum absolute atomic E-state index is 13.4. The van der Waals surface area contributed by atoms with Crippen LogP contribution in [0, 0.1) is 0 Å². The number of nitrogens with one attached hydrogen (secondary N) is 1. The third-order valence-electron chi connectivity index (χ3n) is 18.1. The molecule has 0 aromatic rings. The number of hydrogen-bond acceptors (Lipinski definition) is 13. The Kier molecular flexibility index (Phi) is 59.7. The van der Waals surface area contributed by atoms with Gasteiger partial charge in [0.25, 0.3) is 0 Å². The average molecular weight is 1350 g/mol. The molecule has 1 amide bonds. The van der Waals surface area contributed by atoms with Crippen LogP contribution < -0.4 is 5.32 Å².